The van der Waals surface area contributed by atoms with Gasteiger partial charge in [0.25, 0.3) is 0 Å². The van der Waals surface area contributed by atoms with E-state index in [9.17, 15) is 4.39 Å². The number of pyridine rings is 1. The average molecular weight is 243 g/mol. The Morgan fingerprint density at radius 3 is 2.83 bits per heavy atom. The van der Waals surface area contributed by atoms with Crippen molar-refractivity contribution in [3.8, 4) is 11.5 Å². The summed E-state index contributed by atoms with van der Waals surface area (Å²) < 4.78 is 18.7. The van der Waals surface area contributed by atoms with Gasteiger partial charge in [0.15, 0.2) is 11.2 Å². The highest BCUT2D eigenvalue weighted by atomic mass is 19.1. The quantitative estimate of drug-likeness (QED) is 0.667. The molecule has 0 atom stereocenters. The van der Waals surface area contributed by atoms with Gasteiger partial charge in [-0.05, 0) is 37.3 Å². The second-order valence-corrected chi connectivity index (χ2v) is 4.02. The first-order chi connectivity index (χ1) is 8.63. The highest BCUT2D eigenvalue weighted by Gasteiger charge is 2.12. The molecule has 0 saturated carbocycles. The van der Waals surface area contributed by atoms with Gasteiger partial charge in [-0.2, -0.15) is 4.98 Å². The molecule has 0 spiro atoms. The van der Waals surface area contributed by atoms with Crippen LogP contribution in [-0.2, 0) is 0 Å². The van der Waals surface area contributed by atoms with Crippen LogP contribution in [0.2, 0.25) is 0 Å². The van der Waals surface area contributed by atoms with Gasteiger partial charge in [0.2, 0.25) is 5.89 Å². The van der Waals surface area contributed by atoms with Crippen LogP contribution < -0.4 is 5.73 Å². The van der Waals surface area contributed by atoms with Crippen molar-refractivity contribution in [2.75, 3.05) is 5.73 Å². The number of halogens is 1. The maximum Gasteiger partial charge on any atom is 0.231 e. The standard InChI is InChI=1S/C13H10FN3O/c1-7-2-5-11-12(16-7)17-13(18-11)9-6-8(14)3-4-10(9)15/h2-6H,15H2,1H3. The number of oxazole rings is 1. The second kappa shape index (κ2) is 3.80. The third kappa shape index (κ3) is 1.69. The summed E-state index contributed by atoms with van der Waals surface area (Å²) in [5, 5.41) is 0. The normalized spacial score (nSPS) is 11.0. The molecule has 1 aromatic carbocycles. The number of anilines is 1. The van der Waals surface area contributed by atoms with E-state index in [0.717, 1.165) is 5.69 Å². The van der Waals surface area contributed by atoms with Crippen LogP contribution in [-0.4, -0.2) is 9.97 Å². The molecule has 0 unspecified atom stereocenters. The van der Waals surface area contributed by atoms with E-state index in [1.807, 2.05) is 13.0 Å². The van der Waals surface area contributed by atoms with Gasteiger partial charge in [-0.15, -0.1) is 0 Å². The van der Waals surface area contributed by atoms with E-state index in [0.29, 0.717) is 22.5 Å². The van der Waals surface area contributed by atoms with Crippen molar-refractivity contribution < 1.29 is 8.81 Å². The molecule has 3 rings (SSSR count). The lowest BCUT2D eigenvalue weighted by Crippen LogP contribution is -1.91. The molecular weight excluding hydrogens is 233 g/mol. The number of aryl methyl sites for hydroxylation is 1. The molecular formula is C13H10FN3O. The molecule has 0 radical (unpaired) electrons. The smallest absolute Gasteiger partial charge is 0.231 e. The molecule has 0 aliphatic carbocycles. The van der Waals surface area contributed by atoms with Crippen molar-refractivity contribution in [2.45, 2.75) is 6.92 Å². The minimum absolute atomic E-state index is 0.278. The van der Waals surface area contributed by atoms with Crippen molar-refractivity contribution in [3.63, 3.8) is 0 Å². The maximum atomic E-state index is 13.2. The van der Waals surface area contributed by atoms with Crippen molar-refractivity contribution in [1.29, 1.82) is 0 Å². The molecule has 18 heavy (non-hydrogen) atoms. The van der Waals surface area contributed by atoms with E-state index >= 15 is 0 Å². The number of nitrogens with zero attached hydrogens (tertiary/aromatic N) is 2. The fraction of sp³-hybridized carbons (Fsp3) is 0.0769. The molecule has 0 fully saturated rings. The van der Waals surface area contributed by atoms with Gasteiger partial charge in [0, 0.05) is 11.4 Å². The molecule has 0 aliphatic heterocycles. The Bertz CT molecular complexity index is 736. The van der Waals surface area contributed by atoms with Crippen molar-refractivity contribution in [1.82, 2.24) is 9.97 Å². The minimum Gasteiger partial charge on any atom is -0.434 e. The fourth-order valence-corrected chi connectivity index (χ4v) is 1.74. The van der Waals surface area contributed by atoms with Crippen LogP contribution in [0.5, 0.6) is 0 Å². The van der Waals surface area contributed by atoms with E-state index in [1.54, 1.807) is 6.07 Å². The zero-order valence-corrected chi connectivity index (χ0v) is 9.64. The van der Waals surface area contributed by atoms with Crippen LogP contribution in [0.1, 0.15) is 5.69 Å². The maximum absolute atomic E-state index is 13.2. The second-order valence-electron chi connectivity index (χ2n) is 4.02. The summed E-state index contributed by atoms with van der Waals surface area (Å²) in [5.41, 5.74) is 8.53. The summed E-state index contributed by atoms with van der Waals surface area (Å²) in [4.78, 5) is 8.46. The Labute approximate surface area is 102 Å². The van der Waals surface area contributed by atoms with E-state index in [2.05, 4.69) is 9.97 Å². The van der Waals surface area contributed by atoms with E-state index in [4.69, 9.17) is 10.2 Å². The van der Waals surface area contributed by atoms with E-state index < -0.39 is 0 Å². The first-order valence-corrected chi connectivity index (χ1v) is 5.43. The predicted octanol–water partition coefficient (Wildman–Crippen LogP) is 2.92. The lowest BCUT2D eigenvalue weighted by molar-refractivity contribution is 0.611. The number of benzene rings is 1. The van der Waals surface area contributed by atoms with Gasteiger partial charge >= 0.3 is 0 Å². The van der Waals surface area contributed by atoms with Crippen LogP contribution >= 0.6 is 0 Å². The highest BCUT2D eigenvalue weighted by Crippen LogP contribution is 2.28. The van der Waals surface area contributed by atoms with Crippen LogP contribution in [0.4, 0.5) is 10.1 Å². The predicted molar refractivity (Wildman–Crippen MR) is 66.3 cm³/mol. The van der Waals surface area contributed by atoms with Crippen molar-refractivity contribution >= 4 is 16.9 Å². The minimum atomic E-state index is -0.384. The summed E-state index contributed by atoms with van der Waals surface area (Å²) in [6, 6.07) is 7.69. The summed E-state index contributed by atoms with van der Waals surface area (Å²) in [6.07, 6.45) is 0. The molecule has 90 valence electrons. The summed E-state index contributed by atoms with van der Waals surface area (Å²) in [6.45, 7) is 1.87. The van der Waals surface area contributed by atoms with Crippen molar-refractivity contribution in [3.05, 3.63) is 41.8 Å². The molecule has 0 bridgehead atoms. The third-order valence-electron chi connectivity index (χ3n) is 2.64. The van der Waals surface area contributed by atoms with Gasteiger partial charge in [-0.3, -0.25) is 0 Å². The molecule has 4 nitrogen and oxygen atoms in total. The fourth-order valence-electron chi connectivity index (χ4n) is 1.74. The van der Waals surface area contributed by atoms with Gasteiger partial charge in [-0.1, -0.05) is 0 Å². The zero-order chi connectivity index (χ0) is 12.7. The molecule has 0 aliphatic rings. The number of hydrogen-bond acceptors (Lipinski definition) is 4. The lowest BCUT2D eigenvalue weighted by atomic mass is 10.2. The Morgan fingerprint density at radius 1 is 1.17 bits per heavy atom. The first-order valence-electron chi connectivity index (χ1n) is 5.43. The largest absolute Gasteiger partial charge is 0.434 e. The topological polar surface area (TPSA) is 64.9 Å². The number of nitrogen functional groups attached to an aromatic ring is 1. The molecule has 3 aromatic rings. The Balaban J connectivity index is 2.22. The van der Waals surface area contributed by atoms with Crippen LogP contribution in [0.15, 0.2) is 34.7 Å². The Hall–Kier alpha value is -2.43. The van der Waals surface area contributed by atoms with Crippen molar-refractivity contribution in [2.24, 2.45) is 0 Å². The monoisotopic (exact) mass is 243 g/mol. The third-order valence-corrected chi connectivity index (χ3v) is 2.64. The van der Waals surface area contributed by atoms with Crippen LogP contribution in [0.3, 0.4) is 0 Å². The molecule has 2 aromatic heterocycles. The summed E-state index contributed by atoms with van der Waals surface area (Å²) >= 11 is 0. The number of hydrogen-bond donors (Lipinski definition) is 1. The Morgan fingerprint density at radius 2 is 2.00 bits per heavy atom. The van der Waals surface area contributed by atoms with Gasteiger partial charge in [-0.25, -0.2) is 9.37 Å². The van der Waals surface area contributed by atoms with Crippen LogP contribution in [0.25, 0.3) is 22.7 Å². The average Bonchev–Trinajstić information content (AvgIpc) is 2.74. The molecule has 2 heterocycles. The molecule has 2 N–H and O–H groups in total. The summed E-state index contributed by atoms with van der Waals surface area (Å²) in [7, 11) is 0. The van der Waals surface area contributed by atoms with Crippen LogP contribution in [0, 0.1) is 12.7 Å². The van der Waals surface area contributed by atoms with Gasteiger partial charge in [0.1, 0.15) is 5.82 Å². The highest BCUT2D eigenvalue weighted by molar-refractivity contribution is 5.77. The zero-order valence-electron chi connectivity index (χ0n) is 9.64. The SMILES string of the molecule is Cc1ccc2oc(-c3cc(F)ccc3N)nc2n1. The van der Waals surface area contributed by atoms with Gasteiger partial charge < -0.3 is 10.2 Å². The first kappa shape index (κ1) is 10.7. The summed E-state index contributed by atoms with van der Waals surface area (Å²) in [5.74, 6) is -0.106. The number of fused-ring (bicyclic) bond motifs is 1. The number of aromatic nitrogens is 2. The van der Waals surface area contributed by atoms with E-state index in [1.165, 1.54) is 18.2 Å². The molecule has 5 heteroatoms. The van der Waals surface area contributed by atoms with Gasteiger partial charge in [0.05, 0.1) is 5.56 Å². The molecule has 0 amide bonds. The lowest BCUT2D eigenvalue weighted by Gasteiger charge is -2.00. The Kier molecular flexibility index (Phi) is 2.26. The number of nitrogens with two attached hydrogens (primary N) is 1. The van der Waals surface area contributed by atoms with E-state index in [-0.39, 0.29) is 11.7 Å². The number of rotatable bonds is 1. The molecule has 0 saturated heterocycles.